The summed E-state index contributed by atoms with van der Waals surface area (Å²) in [5.74, 6) is 2.47. The summed E-state index contributed by atoms with van der Waals surface area (Å²) in [5.41, 5.74) is 1.19. The zero-order chi connectivity index (χ0) is 19.1. The molecule has 1 aromatic heterocycles. The zero-order valence-electron chi connectivity index (χ0n) is 15.9. The van der Waals surface area contributed by atoms with E-state index in [0.717, 1.165) is 61.6 Å². The number of nitrogens with one attached hydrogen (secondary N) is 2. The molecule has 8 heteroatoms. The molecule has 0 bridgehead atoms. The Morgan fingerprint density at radius 1 is 1.37 bits per heavy atom. The second-order valence-electron chi connectivity index (χ2n) is 6.71. The first-order valence-corrected chi connectivity index (χ1v) is 9.72. The van der Waals surface area contributed by atoms with Gasteiger partial charge in [-0.3, -0.25) is 0 Å². The van der Waals surface area contributed by atoms with Crippen molar-refractivity contribution in [2.75, 3.05) is 19.7 Å². The molecule has 7 nitrogen and oxygen atoms in total. The van der Waals surface area contributed by atoms with E-state index in [-0.39, 0.29) is 6.10 Å². The summed E-state index contributed by atoms with van der Waals surface area (Å²) in [6.45, 7) is 4.75. The molecule has 0 amide bonds. The molecule has 146 valence electrons. The van der Waals surface area contributed by atoms with E-state index in [1.54, 1.807) is 0 Å². The highest BCUT2D eigenvalue weighted by atomic mass is 35.5. The third kappa shape index (κ3) is 5.94. The number of ether oxygens (including phenoxy) is 1. The Kier molecular flexibility index (Phi) is 7.06. The van der Waals surface area contributed by atoms with Crippen LogP contribution in [0.4, 0.5) is 0 Å². The number of guanidine groups is 1. The normalized spacial score (nSPS) is 17.3. The third-order valence-electron chi connectivity index (χ3n) is 4.68. The molecule has 1 fully saturated rings. The van der Waals surface area contributed by atoms with Crippen LogP contribution in [0.5, 0.6) is 0 Å². The van der Waals surface area contributed by atoms with E-state index in [9.17, 15) is 0 Å². The van der Waals surface area contributed by atoms with Gasteiger partial charge in [-0.05, 0) is 43.9 Å². The molecule has 3 rings (SSSR count). The number of nitrogens with zero attached hydrogens (tertiary/aromatic N) is 4. The van der Waals surface area contributed by atoms with Crippen molar-refractivity contribution in [2.24, 2.45) is 12.0 Å². The topological polar surface area (TPSA) is 76.4 Å². The van der Waals surface area contributed by atoms with Gasteiger partial charge in [0.05, 0.1) is 6.10 Å². The van der Waals surface area contributed by atoms with Crippen LogP contribution in [-0.2, 0) is 24.8 Å². The molecule has 0 aliphatic carbocycles. The Morgan fingerprint density at radius 2 is 2.26 bits per heavy atom. The molecule has 27 heavy (non-hydrogen) atoms. The van der Waals surface area contributed by atoms with Gasteiger partial charge in [-0.1, -0.05) is 23.7 Å². The SMILES string of the molecule is Cc1nnc(CN=C(NCCc2cccc(Cl)c2)NCC2CCCO2)n1C. The number of aromatic nitrogens is 3. The quantitative estimate of drug-likeness (QED) is 0.560. The summed E-state index contributed by atoms with van der Waals surface area (Å²) in [6.07, 6.45) is 3.33. The number of aliphatic imine (C=N–C) groups is 1. The van der Waals surface area contributed by atoms with Crippen LogP contribution in [0.15, 0.2) is 29.3 Å². The Balaban J connectivity index is 1.57. The Bertz CT molecular complexity index is 769. The number of rotatable bonds is 7. The molecular formula is C19H27ClN6O. The van der Waals surface area contributed by atoms with E-state index in [2.05, 4.69) is 31.9 Å². The minimum atomic E-state index is 0.252. The van der Waals surface area contributed by atoms with Crippen molar-refractivity contribution >= 4 is 17.6 Å². The predicted molar refractivity (Wildman–Crippen MR) is 107 cm³/mol. The first kappa shape index (κ1) is 19.6. The van der Waals surface area contributed by atoms with Gasteiger partial charge >= 0.3 is 0 Å². The van der Waals surface area contributed by atoms with Crippen LogP contribution in [0, 0.1) is 6.92 Å². The van der Waals surface area contributed by atoms with E-state index in [4.69, 9.17) is 16.3 Å². The maximum absolute atomic E-state index is 6.06. The lowest BCUT2D eigenvalue weighted by Gasteiger charge is -2.15. The zero-order valence-corrected chi connectivity index (χ0v) is 16.7. The predicted octanol–water partition coefficient (Wildman–Crippen LogP) is 2.23. The molecule has 0 spiro atoms. The first-order valence-electron chi connectivity index (χ1n) is 9.35. The second-order valence-corrected chi connectivity index (χ2v) is 7.15. The molecule has 2 aromatic rings. The minimum Gasteiger partial charge on any atom is -0.376 e. The fourth-order valence-corrected chi connectivity index (χ4v) is 3.16. The van der Waals surface area contributed by atoms with E-state index < -0.39 is 0 Å². The van der Waals surface area contributed by atoms with Crippen LogP contribution in [-0.4, -0.2) is 46.5 Å². The minimum absolute atomic E-state index is 0.252. The standard InChI is InChI=1S/C19H27ClN6O/c1-14-24-25-18(26(14)2)13-23-19(22-12-17-7-4-10-27-17)21-9-8-15-5-3-6-16(20)11-15/h3,5-6,11,17H,4,7-10,12-13H2,1-2H3,(H2,21,22,23). The van der Waals surface area contributed by atoms with Gasteiger partial charge in [-0.15, -0.1) is 10.2 Å². The van der Waals surface area contributed by atoms with Crippen molar-refractivity contribution in [3.8, 4) is 0 Å². The van der Waals surface area contributed by atoms with E-state index in [0.29, 0.717) is 6.54 Å². The van der Waals surface area contributed by atoms with Crippen molar-refractivity contribution in [1.82, 2.24) is 25.4 Å². The van der Waals surface area contributed by atoms with Gasteiger partial charge in [0.25, 0.3) is 0 Å². The number of aryl methyl sites for hydroxylation is 1. The summed E-state index contributed by atoms with van der Waals surface area (Å²) < 4.78 is 7.64. The van der Waals surface area contributed by atoms with Crippen LogP contribution < -0.4 is 10.6 Å². The van der Waals surface area contributed by atoms with Crippen molar-refractivity contribution in [1.29, 1.82) is 0 Å². The average molecular weight is 391 g/mol. The lowest BCUT2D eigenvalue weighted by molar-refractivity contribution is 0.114. The largest absolute Gasteiger partial charge is 0.376 e. The van der Waals surface area contributed by atoms with Gasteiger partial charge < -0.3 is 19.9 Å². The third-order valence-corrected chi connectivity index (χ3v) is 4.91. The summed E-state index contributed by atoms with van der Waals surface area (Å²) in [7, 11) is 1.95. The lowest BCUT2D eigenvalue weighted by atomic mass is 10.1. The molecular weight excluding hydrogens is 364 g/mol. The molecule has 0 radical (unpaired) electrons. The van der Waals surface area contributed by atoms with Crippen LogP contribution in [0.3, 0.4) is 0 Å². The number of hydrogen-bond acceptors (Lipinski definition) is 4. The molecule has 1 saturated heterocycles. The lowest BCUT2D eigenvalue weighted by Crippen LogP contribution is -2.42. The van der Waals surface area contributed by atoms with Crippen LogP contribution in [0.25, 0.3) is 0 Å². The Morgan fingerprint density at radius 3 is 2.96 bits per heavy atom. The van der Waals surface area contributed by atoms with E-state index >= 15 is 0 Å². The fraction of sp³-hybridized carbons (Fsp3) is 0.526. The average Bonchev–Trinajstić information content (AvgIpc) is 3.28. The van der Waals surface area contributed by atoms with Gasteiger partial charge in [0, 0.05) is 31.8 Å². The molecule has 2 N–H and O–H groups in total. The Hall–Kier alpha value is -2.12. The van der Waals surface area contributed by atoms with E-state index in [1.807, 2.05) is 36.7 Å². The number of halogens is 1. The molecule has 0 saturated carbocycles. The summed E-state index contributed by atoms with van der Waals surface area (Å²) in [5, 5.41) is 15.8. The van der Waals surface area contributed by atoms with Gasteiger partial charge in [-0.2, -0.15) is 0 Å². The van der Waals surface area contributed by atoms with Gasteiger partial charge in [-0.25, -0.2) is 4.99 Å². The van der Waals surface area contributed by atoms with Gasteiger partial charge in [0.1, 0.15) is 12.4 Å². The van der Waals surface area contributed by atoms with Crippen molar-refractivity contribution < 1.29 is 4.74 Å². The van der Waals surface area contributed by atoms with Crippen molar-refractivity contribution in [2.45, 2.75) is 38.8 Å². The molecule has 1 atom stereocenters. The molecule has 1 aliphatic heterocycles. The molecule has 1 aliphatic rings. The van der Waals surface area contributed by atoms with Crippen molar-refractivity contribution in [3.63, 3.8) is 0 Å². The van der Waals surface area contributed by atoms with Gasteiger partial charge in [0.2, 0.25) is 0 Å². The summed E-state index contributed by atoms with van der Waals surface area (Å²) >= 11 is 6.06. The van der Waals surface area contributed by atoms with Crippen LogP contribution in [0.1, 0.15) is 30.1 Å². The maximum atomic E-state index is 6.06. The highest BCUT2D eigenvalue weighted by Crippen LogP contribution is 2.11. The maximum Gasteiger partial charge on any atom is 0.191 e. The first-order chi connectivity index (χ1) is 13.1. The van der Waals surface area contributed by atoms with Gasteiger partial charge in [0.15, 0.2) is 11.8 Å². The number of hydrogen-bond donors (Lipinski definition) is 2. The highest BCUT2D eigenvalue weighted by molar-refractivity contribution is 6.30. The summed E-state index contributed by atoms with van der Waals surface area (Å²) in [6, 6.07) is 7.92. The fourth-order valence-electron chi connectivity index (χ4n) is 2.95. The smallest absolute Gasteiger partial charge is 0.191 e. The number of benzene rings is 1. The molecule has 2 heterocycles. The Labute approximate surface area is 165 Å². The second kappa shape index (κ2) is 9.71. The summed E-state index contributed by atoms with van der Waals surface area (Å²) in [4.78, 5) is 4.67. The monoisotopic (exact) mass is 390 g/mol. The molecule has 1 aromatic carbocycles. The van der Waals surface area contributed by atoms with Crippen LogP contribution in [0.2, 0.25) is 5.02 Å². The van der Waals surface area contributed by atoms with Crippen molar-refractivity contribution in [3.05, 3.63) is 46.5 Å². The van der Waals surface area contributed by atoms with E-state index in [1.165, 1.54) is 5.56 Å². The van der Waals surface area contributed by atoms with Crippen LogP contribution >= 0.6 is 11.6 Å². The molecule has 1 unspecified atom stereocenters. The highest BCUT2D eigenvalue weighted by Gasteiger charge is 2.15.